The highest BCUT2D eigenvalue weighted by atomic mass is 32.2. The number of hydrogen-bond donors (Lipinski definition) is 1. The highest BCUT2D eigenvalue weighted by Gasteiger charge is 2.16. The van der Waals surface area contributed by atoms with Gasteiger partial charge in [0.25, 0.3) is 0 Å². The smallest absolute Gasteiger partial charge is 0.211 e. The van der Waals surface area contributed by atoms with E-state index in [4.69, 9.17) is 9.72 Å². The van der Waals surface area contributed by atoms with Crippen molar-refractivity contribution in [3.63, 3.8) is 0 Å². The van der Waals surface area contributed by atoms with Crippen molar-refractivity contribution in [3.8, 4) is 0 Å². The maximum absolute atomic E-state index is 5.42. The molecule has 0 radical (unpaired) electrons. The Morgan fingerprint density at radius 2 is 2.04 bits per heavy atom. The van der Waals surface area contributed by atoms with Crippen LogP contribution >= 0.6 is 11.8 Å². The Morgan fingerprint density at radius 3 is 2.88 bits per heavy atom. The van der Waals surface area contributed by atoms with Gasteiger partial charge in [0, 0.05) is 11.9 Å². The maximum atomic E-state index is 5.42. The van der Waals surface area contributed by atoms with Gasteiger partial charge in [-0.15, -0.1) is 10.2 Å². The summed E-state index contributed by atoms with van der Waals surface area (Å²) in [6.45, 7) is 8.27. The average Bonchev–Trinajstić information content (AvgIpc) is 3.00. The SMILES string of the molecule is CCCCn1c2ccccc2c2nnc(SCC[NH+]3CCOCC3)nc21. The quantitative estimate of drug-likeness (QED) is 0.641. The van der Waals surface area contributed by atoms with Gasteiger partial charge in [-0.2, -0.15) is 0 Å². The van der Waals surface area contributed by atoms with Crippen molar-refractivity contribution < 1.29 is 9.64 Å². The first-order valence-corrected chi connectivity index (χ1v) is 10.5. The number of hydrogen-bond acceptors (Lipinski definition) is 5. The molecular formula is C19H26N5OS+. The van der Waals surface area contributed by atoms with E-state index in [1.807, 2.05) is 0 Å². The Bertz CT molecular complexity index is 875. The number of rotatable bonds is 7. The molecule has 26 heavy (non-hydrogen) atoms. The largest absolute Gasteiger partial charge is 0.370 e. The number of thioether (sulfide) groups is 1. The van der Waals surface area contributed by atoms with Crippen molar-refractivity contribution in [1.29, 1.82) is 0 Å². The second kappa shape index (κ2) is 8.33. The van der Waals surface area contributed by atoms with Gasteiger partial charge < -0.3 is 14.2 Å². The van der Waals surface area contributed by atoms with Crippen LogP contribution in [0.1, 0.15) is 19.8 Å². The van der Waals surface area contributed by atoms with Gasteiger partial charge in [-0.1, -0.05) is 43.3 Å². The summed E-state index contributed by atoms with van der Waals surface area (Å²) in [5.41, 5.74) is 3.09. The molecule has 0 aliphatic carbocycles. The fourth-order valence-electron chi connectivity index (χ4n) is 3.49. The van der Waals surface area contributed by atoms with E-state index in [0.717, 1.165) is 79.7 Å². The molecule has 6 nitrogen and oxygen atoms in total. The van der Waals surface area contributed by atoms with E-state index in [1.165, 1.54) is 5.52 Å². The van der Waals surface area contributed by atoms with Crippen LogP contribution in [0.15, 0.2) is 29.4 Å². The van der Waals surface area contributed by atoms with Crippen LogP contribution in [0.4, 0.5) is 0 Å². The standard InChI is InChI=1S/C19H25N5OS/c1-2-3-8-24-16-7-5-4-6-15(16)17-18(24)20-19(22-21-17)26-14-11-23-9-12-25-13-10-23/h4-7H,2-3,8-14H2,1H3/p+1. The van der Waals surface area contributed by atoms with Gasteiger partial charge in [0.15, 0.2) is 5.65 Å². The molecule has 1 aromatic carbocycles. The molecule has 1 fully saturated rings. The number of morpholine rings is 1. The van der Waals surface area contributed by atoms with Crippen LogP contribution in [0.25, 0.3) is 22.1 Å². The fourth-order valence-corrected chi connectivity index (χ4v) is 4.31. The Kier molecular flexibility index (Phi) is 5.67. The summed E-state index contributed by atoms with van der Waals surface area (Å²) in [5, 5.41) is 10.8. The van der Waals surface area contributed by atoms with Gasteiger partial charge in [-0.3, -0.25) is 0 Å². The van der Waals surface area contributed by atoms with Crippen LogP contribution in [0.2, 0.25) is 0 Å². The highest BCUT2D eigenvalue weighted by Crippen LogP contribution is 2.27. The second-order valence-corrected chi connectivity index (χ2v) is 7.81. The first-order valence-electron chi connectivity index (χ1n) is 9.52. The van der Waals surface area contributed by atoms with Gasteiger partial charge in [0.1, 0.15) is 18.6 Å². The molecule has 0 unspecified atom stereocenters. The number of quaternary nitrogens is 1. The molecule has 1 aliphatic heterocycles. The number of nitrogens with one attached hydrogen (secondary N) is 1. The molecule has 3 heterocycles. The van der Waals surface area contributed by atoms with Crippen molar-refractivity contribution >= 4 is 33.8 Å². The van der Waals surface area contributed by atoms with E-state index < -0.39 is 0 Å². The Morgan fingerprint density at radius 1 is 1.19 bits per heavy atom. The molecule has 7 heteroatoms. The number of nitrogens with zero attached hydrogens (tertiary/aromatic N) is 4. The van der Waals surface area contributed by atoms with Crippen molar-refractivity contribution in [2.45, 2.75) is 31.5 Å². The number of unbranched alkanes of at least 4 members (excludes halogenated alkanes) is 1. The van der Waals surface area contributed by atoms with E-state index >= 15 is 0 Å². The van der Waals surface area contributed by atoms with Crippen LogP contribution in [-0.4, -0.2) is 58.3 Å². The fraction of sp³-hybridized carbons (Fsp3) is 0.526. The minimum atomic E-state index is 0.783. The summed E-state index contributed by atoms with van der Waals surface area (Å²) < 4.78 is 7.73. The number of aromatic nitrogens is 4. The zero-order chi connectivity index (χ0) is 17.8. The Hall–Kier alpha value is -1.70. The first kappa shape index (κ1) is 17.7. The number of para-hydroxylation sites is 1. The number of benzene rings is 1. The highest BCUT2D eigenvalue weighted by molar-refractivity contribution is 7.99. The molecule has 0 amide bonds. The summed E-state index contributed by atoms with van der Waals surface area (Å²) in [6, 6.07) is 8.41. The molecule has 2 aromatic heterocycles. The molecule has 0 atom stereocenters. The van der Waals surface area contributed by atoms with Gasteiger partial charge in [-0.25, -0.2) is 4.98 Å². The number of fused-ring (bicyclic) bond motifs is 3. The molecule has 138 valence electrons. The third-order valence-corrected chi connectivity index (χ3v) is 5.82. The molecule has 0 saturated carbocycles. The van der Waals surface area contributed by atoms with Crippen LogP contribution in [0, 0.1) is 0 Å². The predicted molar refractivity (Wildman–Crippen MR) is 105 cm³/mol. The minimum absolute atomic E-state index is 0.783. The summed E-state index contributed by atoms with van der Waals surface area (Å²) in [5.74, 6) is 1.01. The van der Waals surface area contributed by atoms with Crippen LogP contribution < -0.4 is 4.90 Å². The minimum Gasteiger partial charge on any atom is -0.370 e. The summed E-state index contributed by atoms with van der Waals surface area (Å²) >= 11 is 1.71. The van der Waals surface area contributed by atoms with E-state index in [2.05, 4.69) is 46.0 Å². The molecule has 1 saturated heterocycles. The van der Waals surface area contributed by atoms with Crippen LogP contribution in [0.5, 0.6) is 0 Å². The van der Waals surface area contributed by atoms with E-state index in [9.17, 15) is 0 Å². The molecule has 1 N–H and O–H groups in total. The van der Waals surface area contributed by atoms with Crippen molar-refractivity contribution in [1.82, 2.24) is 19.7 Å². The first-order chi connectivity index (χ1) is 12.9. The van der Waals surface area contributed by atoms with Crippen LogP contribution in [0.3, 0.4) is 0 Å². The molecular weight excluding hydrogens is 346 g/mol. The average molecular weight is 373 g/mol. The lowest BCUT2D eigenvalue weighted by Gasteiger charge is -2.23. The number of ether oxygens (including phenoxy) is 1. The lowest BCUT2D eigenvalue weighted by Crippen LogP contribution is -3.14. The van der Waals surface area contributed by atoms with Gasteiger partial charge in [0.2, 0.25) is 5.16 Å². The maximum Gasteiger partial charge on any atom is 0.211 e. The normalized spacial score (nSPS) is 15.9. The summed E-state index contributed by atoms with van der Waals surface area (Å²) in [7, 11) is 0. The number of aryl methyl sites for hydroxylation is 1. The summed E-state index contributed by atoms with van der Waals surface area (Å²) in [4.78, 5) is 6.47. The van der Waals surface area contributed by atoms with Gasteiger partial charge in [0.05, 0.1) is 31.0 Å². The van der Waals surface area contributed by atoms with Crippen molar-refractivity contribution in [3.05, 3.63) is 24.3 Å². The predicted octanol–water partition coefficient (Wildman–Crippen LogP) is 1.79. The monoisotopic (exact) mass is 372 g/mol. The van der Waals surface area contributed by atoms with E-state index in [1.54, 1.807) is 16.7 Å². The molecule has 1 aliphatic rings. The van der Waals surface area contributed by atoms with Gasteiger partial charge >= 0.3 is 0 Å². The Labute approximate surface area is 157 Å². The third kappa shape index (κ3) is 3.70. The van der Waals surface area contributed by atoms with Gasteiger partial charge in [-0.05, 0) is 12.5 Å². The van der Waals surface area contributed by atoms with E-state index in [0.29, 0.717) is 0 Å². The second-order valence-electron chi connectivity index (χ2n) is 6.75. The molecule has 4 rings (SSSR count). The third-order valence-electron chi connectivity index (χ3n) is 4.98. The van der Waals surface area contributed by atoms with Crippen molar-refractivity contribution in [2.75, 3.05) is 38.6 Å². The Balaban J connectivity index is 1.56. The van der Waals surface area contributed by atoms with Crippen LogP contribution in [-0.2, 0) is 11.3 Å². The van der Waals surface area contributed by atoms with Crippen molar-refractivity contribution in [2.24, 2.45) is 0 Å². The lowest BCUT2D eigenvalue weighted by molar-refractivity contribution is -0.905. The molecule has 0 bridgehead atoms. The van der Waals surface area contributed by atoms with E-state index in [-0.39, 0.29) is 0 Å². The lowest BCUT2D eigenvalue weighted by atomic mass is 10.2. The topological polar surface area (TPSA) is 57.3 Å². The molecule has 0 spiro atoms. The zero-order valence-electron chi connectivity index (χ0n) is 15.3. The summed E-state index contributed by atoms with van der Waals surface area (Å²) in [6.07, 6.45) is 2.30. The zero-order valence-corrected chi connectivity index (χ0v) is 16.1. The molecule has 3 aromatic rings.